The van der Waals surface area contributed by atoms with Gasteiger partial charge in [0.15, 0.2) is 0 Å². The van der Waals surface area contributed by atoms with Crippen molar-refractivity contribution in [2.75, 3.05) is 16.9 Å². The molecule has 1 atom stereocenters. The number of methoxy groups -OCH3 is 1. The number of hydrogen-bond acceptors (Lipinski definition) is 3. The third-order valence-corrected chi connectivity index (χ3v) is 4.02. The Balaban J connectivity index is 1.99. The molecule has 0 fully saturated rings. The van der Waals surface area contributed by atoms with Gasteiger partial charge in [0.25, 0.3) is 0 Å². The molecule has 3 rings (SSSR count). The van der Waals surface area contributed by atoms with Crippen LogP contribution in [0.2, 0.25) is 0 Å². The predicted octanol–water partition coefficient (Wildman–Crippen LogP) is 4.34. The molecule has 0 aliphatic carbocycles. The lowest BCUT2D eigenvalue weighted by atomic mass is 10.0. The molecule has 22 heavy (non-hydrogen) atoms. The second kappa shape index (κ2) is 5.85. The minimum absolute atomic E-state index is 0.164. The Labute approximate surface area is 132 Å². The number of anilines is 2. The zero-order valence-electron chi connectivity index (χ0n) is 13.6. The lowest BCUT2D eigenvalue weighted by Crippen LogP contribution is -2.40. The summed E-state index contributed by atoms with van der Waals surface area (Å²) in [5.74, 6) is 0. The SMILES string of the molecule is COC1N(c2ccccc2)C=CN1c1c(C)cc(C)cc1C. The van der Waals surface area contributed by atoms with Crippen LogP contribution in [-0.2, 0) is 4.74 Å². The first kappa shape index (κ1) is 14.7. The van der Waals surface area contributed by atoms with E-state index in [-0.39, 0.29) is 6.35 Å². The molecule has 2 aromatic rings. The molecular weight excluding hydrogens is 272 g/mol. The Morgan fingerprint density at radius 1 is 0.864 bits per heavy atom. The summed E-state index contributed by atoms with van der Waals surface area (Å²) in [5, 5.41) is 0. The molecule has 3 heteroatoms. The largest absolute Gasteiger partial charge is 0.343 e. The number of benzene rings is 2. The van der Waals surface area contributed by atoms with Gasteiger partial charge in [-0.05, 0) is 44.0 Å². The van der Waals surface area contributed by atoms with Crippen molar-refractivity contribution in [3.05, 3.63) is 71.6 Å². The van der Waals surface area contributed by atoms with E-state index in [0.29, 0.717) is 0 Å². The van der Waals surface area contributed by atoms with Crippen molar-refractivity contribution in [2.24, 2.45) is 0 Å². The zero-order chi connectivity index (χ0) is 15.7. The van der Waals surface area contributed by atoms with Crippen molar-refractivity contribution >= 4 is 11.4 Å². The van der Waals surface area contributed by atoms with Crippen molar-refractivity contribution in [3.63, 3.8) is 0 Å². The van der Waals surface area contributed by atoms with Crippen molar-refractivity contribution in [1.82, 2.24) is 0 Å². The van der Waals surface area contributed by atoms with Crippen LogP contribution in [-0.4, -0.2) is 13.5 Å². The number of nitrogens with zero attached hydrogens (tertiary/aromatic N) is 2. The summed E-state index contributed by atoms with van der Waals surface area (Å²) < 4.78 is 5.77. The summed E-state index contributed by atoms with van der Waals surface area (Å²) in [5.41, 5.74) is 6.15. The summed E-state index contributed by atoms with van der Waals surface area (Å²) in [6, 6.07) is 14.7. The average molecular weight is 294 g/mol. The normalized spacial score (nSPS) is 17.4. The first-order chi connectivity index (χ1) is 10.6. The molecule has 0 N–H and O–H groups in total. The van der Waals surface area contributed by atoms with Gasteiger partial charge in [0.1, 0.15) is 0 Å². The van der Waals surface area contributed by atoms with Gasteiger partial charge in [-0.15, -0.1) is 0 Å². The highest BCUT2D eigenvalue weighted by atomic mass is 16.5. The second-order valence-corrected chi connectivity index (χ2v) is 5.76. The summed E-state index contributed by atoms with van der Waals surface area (Å²) in [4.78, 5) is 4.33. The molecule has 2 aromatic carbocycles. The Kier molecular flexibility index (Phi) is 3.90. The van der Waals surface area contributed by atoms with Gasteiger partial charge in [-0.2, -0.15) is 0 Å². The first-order valence-corrected chi connectivity index (χ1v) is 7.52. The molecule has 0 bridgehead atoms. The van der Waals surface area contributed by atoms with Gasteiger partial charge < -0.3 is 14.5 Å². The fourth-order valence-electron chi connectivity index (χ4n) is 3.23. The molecule has 0 amide bonds. The van der Waals surface area contributed by atoms with E-state index in [1.54, 1.807) is 7.11 Å². The van der Waals surface area contributed by atoms with Crippen LogP contribution < -0.4 is 9.80 Å². The monoisotopic (exact) mass is 294 g/mol. The summed E-state index contributed by atoms with van der Waals surface area (Å²) >= 11 is 0. The number of ether oxygens (including phenoxy) is 1. The lowest BCUT2D eigenvalue weighted by Gasteiger charge is -2.33. The molecule has 1 unspecified atom stereocenters. The smallest absolute Gasteiger partial charge is 0.217 e. The molecule has 0 radical (unpaired) electrons. The van der Waals surface area contributed by atoms with Crippen LogP contribution >= 0.6 is 0 Å². The molecule has 1 heterocycles. The maximum absolute atomic E-state index is 5.77. The van der Waals surface area contributed by atoms with Crippen LogP contribution in [0.4, 0.5) is 11.4 Å². The number of rotatable bonds is 3. The van der Waals surface area contributed by atoms with Gasteiger partial charge in [0.2, 0.25) is 6.35 Å². The van der Waals surface area contributed by atoms with Gasteiger partial charge in [-0.25, -0.2) is 0 Å². The van der Waals surface area contributed by atoms with Gasteiger partial charge in [0.05, 0.1) is 5.69 Å². The van der Waals surface area contributed by atoms with Gasteiger partial charge in [-0.3, -0.25) is 0 Å². The molecule has 0 saturated carbocycles. The number of hydrogen-bond donors (Lipinski definition) is 0. The lowest BCUT2D eigenvalue weighted by molar-refractivity contribution is 0.116. The van der Waals surface area contributed by atoms with E-state index in [1.807, 2.05) is 18.2 Å². The summed E-state index contributed by atoms with van der Waals surface area (Å²) in [6.45, 7) is 6.44. The third kappa shape index (κ3) is 2.48. The van der Waals surface area contributed by atoms with Crippen molar-refractivity contribution < 1.29 is 4.74 Å². The molecule has 1 aliphatic heterocycles. The van der Waals surface area contributed by atoms with Gasteiger partial charge >= 0.3 is 0 Å². The minimum Gasteiger partial charge on any atom is -0.343 e. The minimum atomic E-state index is -0.164. The third-order valence-electron chi connectivity index (χ3n) is 4.02. The van der Waals surface area contributed by atoms with Crippen LogP contribution in [0.15, 0.2) is 54.9 Å². The van der Waals surface area contributed by atoms with Crippen LogP contribution in [0.5, 0.6) is 0 Å². The number of aryl methyl sites for hydroxylation is 3. The standard InChI is InChI=1S/C19H22N2O/c1-14-12-15(2)18(16(3)13-14)21-11-10-20(19(21)22-4)17-8-6-5-7-9-17/h5-13,19H,1-4H3. The van der Waals surface area contributed by atoms with Crippen molar-refractivity contribution in [3.8, 4) is 0 Å². The van der Waals surface area contributed by atoms with E-state index in [2.05, 4.69) is 67.2 Å². The highest BCUT2D eigenvalue weighted by Gasteiger charge is 2.30. The molecule has 114 valence electrons. The van der Waals surface area contributed by atoms with E-state index >= 15 is 0 Å². The van der Waals surface area contributed by atoms with Crippen LogP contribution in [0, 0.1) is 20.8 Å². The Morgan fingerprint density at radius 2 is 1.45 bits per heavy atom. The molecule has 3 nitrogen and oxygen atoms in total. The number of para-hydroxylation sites is 1. The average Bonchev–Trinajstić information content (AvgIpc) is 2.90. The Morgan fingerprint density at radius 3 is 2.05 bits per heavy atom. The van der Waals surface area contributed by atoms with E-state index < -0.39 is 0 Å². The van der Waals surface area contributed by atoms with Crippen LogP contribution in [0.25, 0.3) is 0 Å². The summed E-state index contributed by atoms with van der Waals surface area (Å²) in [6.07, 6.45) is 4.00. The van der Waals surface area contributed by atoms with Gasteiger partial charge in [-0.1, -0.05) is 35.9 Å². The zero-order valence-corrected chi connectivity index (χ0v) is 13.6. The van der Waals surface area contributed by atoms with Gasteiger partial charge in [0, 0.05) is 25.2 Å². The van der Waals surface area contributed by atoms with Crippen molar-refractivity contribution in [1.29, 1.82) is 0 Å². The fourth-order valence-corrected chi connectivity index (χ4v) is 3.23. The predicted molar refractivity (Wildman–Crippen MR) is 92.0 cm³/mol. The molecule has 0 spiro atoms. The molecule has 0 saturated heterocycles. The van der Waals surface area contributed by atoms with Crippen molar-refractivity contribution in [2.45, 2.75) is 27.1 Å². The van der Waals surface area contributed by atoms with E-state index in [0.717, 1.165) is 5.69 Å². The molecule has 1 aliphatic rings. The topological polar surface area (TPSA) is 15.7 Å². The highest BCUT2D eigenvalue weighted by molar-refractivity contribution is 5.66. The Hall–Kier alpha value is -2.26. The van der Waals surface area contributed by atoms with E-state index in [9.17, 15) is 0 Å². The van der Waals surface area contributed by atoms with E-state index in [1.165, 1.54) is 22.4 Å². The molecular formula is C19H22N2O. The maximum Gasteiger partial charge on any atom is 0.217 e. The highest BCUT2D eigenvalue weighted by Crippen LogP contribution is 2.34. The van der Waals surface area contributed by atoms with E-state index in [4.69, 9.17) is 4.74 Å². The first-order valence-electron chi connectivity index (χ1n) is 7.52. The summed E-state index contributed by atoms with van der Waals surface area (Å²) in [7, 11) is 1.75. The Bertz CT molecular complexity index is 671. The maximum atomic E-state index is 5.77. The van der Waals surface area contributed by atoms with Crippen LogP contribution in [0.1, 0.15) is 16.7 Å². The van der Waals surface area contributed by atoms with Crippen LogP contribution in [0.3, 0.4) is 0 Å². The fraction of sp³-hybridized carbons (Fsp3) is 0.263. The second-order valence-electron chi connectivity index (χ2n) is 5.76. The molecule has 0 aromatic heterocycles. The quantitative estimate of drug-likeness (QED) is 0.837.